The molecule has 0 aromatic carbocycles. The topological polar surface area (TPSA) is 101 Å². The number of likely N-dealkylation sites (tertiary alicyclic amines) is 1. The molecule has 1 saturated heterocycles. The zero-order chi connectivity index (χ0) is 12.2. The van der Waals surface area contributed by atoms with Crippen LogP contribution in [0.1, 0.15) is 19.8 Å². The Morgan fingerprint density at radius 3 is 2.69 bits per heavy atom. The Hall–Kier alpha value is -1.14. The lowest BCUT2D eigenvalue weighted by atomic mass is 9.90. The molecule has 1 aliphatic rings. The highest BCUT2D eigenvalue weighted by molar-refractivity contribution is 5.93. The van der Waals surface area contributed by atoms with Crippen molar-refractivity contribution in [3.63, 3.8) is 0 Å². The van der Waals surface area contributed by atoms with E-state index in [4.69, 9.17) is 11.5 Å². The van der Waals surface area contributed by atoms with E-state index in [-0.39, 0.29) is 11.3 Å². The Bertz CT molecular complexity index is 282. The number of nitrogens with one attached hydrogen (secondary N) is 1. The second-order valence-electron chi connectivity index (χ2n) is 4.70. The summed E-state index contributed by atoms with van der Waals surface area (Å²) in [6, 6.07) is -0.793. The summed E-state index contributed by atoms with van der Waals surface area (Å²) in [5, 5.41) is 2.05. The summed E-state index contributed by atoms with van der Waals surface area (Å²) in [5.74, 6) is -0.325. The van der Waals surface area contributed by atoms with Gasteiger partial charge in [-0.25, -0.2) is 4.79 Å². The first-order chi connectivity index (χ1) is 7.45. The maximum absolute atomic E-state index is 11.2. The Morgan fingerprint density at radius 2 is 2.19 bits per heavy atom. The maximum Gasteiger partial charge on any atom is 0.318 e. The molecule has 6 nitrogen and oxygen atoms in total. The van der Waals surface area contributed by atoms with E-state index in [9.17, 15) is 9.59 Å². The molecule has 1 aliphatic heterocycles. The van der Waals surface area contributed by atoms with Crippen LogP contribution in [0.3, 0.4) is 0 Å². The van der Waals surface area contributed by atoms with Crippen LogP contribution in [-0.4, -0.2) is 43.0 Å². The van der Waals surface area contributed by atoms with Gasteiger partial charge in [0.2, 0.25) is 5.91 Å². The van der Waals surface area contributed by atoms with E-state index in [1.165, 1.54) is 0 Å². The average molecular weight is 228 g/mol. The normalized spacial score (nSPS) is 25.6. The van der Waals surface area contributed by atoms with Gasteiger partial charge in [-0.1, -0.05) is 6.92 Å². The molecular formula is C10H20N4O2. The fourth-order valence-electron chi connectivity index (χ4n) is 1.94. The summed E-state index contributed by atoms with van der Waals surface area (Å²) < 4.78 is 0. The zero-order valence-corrected chi connectivity index (χ0v) is 9.66. The fraction of sp³-hybridized carbons (Fsp3) is 0.800. The van der Waals surface area contributed by atoms with Crippen molar-refractivity contribution >= 4 is 11.9 Å². The molecule has 0 radical (unpaired) electrons. The number of carbonyl (C=O) groups excluding carboxylic acids is 2. The van der Waals surface area contributed by atoms with Crippen LogP contribution in [0.4, 0.5) is 4.79 Å². The zero-order valence-electron chi connectivity index (χ0n) is 9.66. The maximum atomic E-state index is 11.2. The van der Waals surface area contributed by atoms with Crippen molar-refractivity contribution in [3.8, 4) is 0 Å². The molecule has 0 aromatic rings. The van der Waals surface area contributed by atoms with Gasteiger partial charge in [0.05, 0.1) is 0 Å². The van der Waals surface area contributed by atoms with Gasteiger partial charge >= 0.3 is 6.03 Å². The van der Waals surface area contributed by atoms with E-state index < -0.39 is 6.03 Å². The lowest BCUT2D eigenvalue weighted by Crippen LogP contribution is -2.37. The molecule has 3 amide bonds. The van der Waals surface area contributed by atoms with Crippen LogP contribution < -0.4 is 16.8 Å². The summed E-state index contributed by atoms with van der Waals surface area (Å²) in [7, 11) is 0. The van der Waals surface area contributed by atoms with Crippen molar-refractivity contribution < 1.29 is 9.59 Å². The molecule has 0 bridgehead atoms. The van der Waals surface area contributed by atoms with Crippen molar-refractivity contribution in [2.45, 2.75) is 19.8 Å². The quantitative estimate of drug-likeness (QED) is 0.588. The predicted octanol–water partition coefficient (Wildman–Crippen LogP) is -0.758. The number of hydrogen-bond acceptors (Lipinski definition) is 4. The molecule has 1 unspecified atom stereocenters. The third-order valence-electron chi connectivity index (χ3n) is 3.05. The number of nitrogens with zero attached hydrogens (tertiary/aromatic N) is 1. The van der Waals surface area contributed by atoms with E-state index >= 15 is 0 Å². The molecule has 92 valence electrons. The number of nitrogens with two attached hydrogens (primary N) is 2. The van der Waals surface area contributed by atoms with Crippen LogP contribution >= 0.6 is 0 Å². The van der Waals surface area contributed by atoms with Crippen molar-refractivity contribution in [1.29, 1.82) is 0 Å². The van der Waals surface area contributed by atoms with E-state index in [0.29, 0.717) is 19.5 Å². The number of amides is 3. The first kappa shape index (κ1) is 12.9. The lowest BCUT2D eigenvalue weighted by Gasteiger charge is -2.22. The molecule has 6 heteroatoms. The lowest BCUT2D eigenvalue weighted by molar-refractivity contribution is -0.120. The monoisotopic (exact) mass is 228 g/mol. The Morgan fingerprint density at radius 1 is 1.50 bits per heavy atom. The van der Waals surface area contributed by atoms with Gasteiger partial charge in [-0.2, -0.15) is 0 Å². The number of carbonyl (C=O) groups is 2. The summed E-state index contributed by atoms with van der Waals surface area (Å²) in [6.45, 7) is 5.33. The Balaban J connectivity index is 2.25. The predicted molar refractivity (Wildman–Crippen MR) is 60.6 cm³/mol. The largest absolute Gasteiger partial charge is 0.351 e. The van der Waals surface area contributed by atoms with E-state index in [2.05, 4.69) is 17.1 Å². The summed E-state index contributed by atoms with van der Waals surface area (Å²) >= 11 is 0. The number of rotatable bonds is 4. The molecule has 0 spiro atoms. The smallest absolute Gasteiger partial charge is 0.318 e. The second-order valence-corrected chi connectivity index (χ2v) is 4.70. The summed E-state index contributed by atoms with van der Waals surface area (Å²) in [5.41, 5.74) is 10.7. The molecule has 5 N–H and O–H groups in total. The molecular weight excluding hydrogens is 208 g/mol. The van der Waals surface area contributed by atoms with Gasteiger partial charge < -0.3 is 16.4 Å². The van der Waals surface area contributed by atoms with Crippen molar-refractivity contribution in [2.24, 2.45) is 16.9 Å². The number of imide groups is 1. The van der Waals surface area contributed by atoms with Crippen LogP contribution in [0.25, 0.3) is 0 Å². The van der Waals surface area contributed by atoms with Crippen LogP contribution in [0, 0.1) is 5.41 Å². The van der Waals surface area contributed by atoms with Crippen LogP contribution in [0.15, 0.2) is 0 Å². The number of urea groups is 1. The standard InChI is InChI=1S/C10H20N4O2/c1-10(6-11)3-5-14(7-10)4-2-8(15)13-9(12)16/h2-7,11H2,1H3,(H3,12,13,15,16). The van der Waals surface area contributed by atoms with E-state index in [0.717, 1.165) is 19.5 Å². The molecule has 16 heavy (non-hydrogen) atoms. The van der Waals surface area contributed by atoms with Gasteiger partial charge in [-0.15, -0.1) is 0 Å². The third-order valence-corrected chi connectivity index (χ3v) is 3.05. The Kier molecular flexibility index (Phi) is 4.26. The minimum atomic E-state index is -0.793. The van der Waals surface area contributed by atoms with Gasteiger partial charge in [0.25, 0.3) is 0 Å². The van der Waals surface area contributed by atoms with E-state index in [1.807, 2.05) is 0 Å². The fourth-order valence-corrected chi connectivity index (χ4v) is 1.94. The van der Waals surface area contributed by atoms with Gasteiger partial charge in [0, 0.05) is 19.5 Å². The number of primary amides is 1. The molecule has 0 saturated carbocycles. The van der Waals surface area contributed by atoms with Gasteiger partial charge in [0.15, 0.2) is 0 Å². The van der Waals surface area contributed by atoms with Gasteiger partial charge in [-0.05, 0) is 24.9 Å². The highest BCUT2D eigenvalue weighted by atomic mass is 16.2. The molecule has 1 fully saturated rings. The molecule has 1 rings (SSSR count). The highest BCUT2D eigenvalue weighted by Crippen LogP contribution is 2.28. The van der Waals surface area contributed by atoms with Gasteiger partial charge in [-0.3, -0.25) is 10.1 Å². The van der Waals surface area contributed by atoms with Crippen molar-refractivity contribution in [3.05, 3.63) is 0 Å². The van der Waals surface area contributed by atoms with Gasteiger partial charge in [0.1, 0.15) is 0 Å². The average Bonchev–Trinajstić information content (AvgIpc) is 2.57. The number of hydrogen-bond donors (Lipinski definition) is 3. The second kappa shape index (κ2) is 5.27. The summed E-state index contributed by atoms with van der Waals surface area (Å²) in [6.07, 6.45) is 1.35. The Labute approximate surface area is 95.3 Å². The molecule has 1 atom stereocenters. The summed E-state index contributed by atoms with van der Waals surface area (Å²) in [4.78, 5) is 23.8. The first-order valence-electron chi connectivity index (χ1n) is 5.47. The van der Waals surface area contributed by atoms with Crippen molar-refractivity contribution in [1.82, 2.24) is 10.2 Å². The minimum absolute atomic E-state index is 0.167. The molecule has 0 aromatic heterocycles. The van der Waals surface area contributed by atoms with Crippen molar-refractivity contribution in [2.75, 3.05) is 26.2 Å². The molecule has 0 aliphatic carbocycles. The van der Waals surface area contributed by atoms with E-state index in [1.54, 1.807) is 0 Å². The third kappa shape index (κ3) is 3.79. The molecule has 1 heterocycles. The van der Waals surface area contributed by atoms with Crippen LogP contribution in [0.5, 0.6) is 0 Å². The van der Waals surface area contributed by atoms with Crippen LogP contribution in [-0.2, 0) is 4.79 Å². The SMILES string of the molecule is CC1(CN)CCN(CCC(=O)NC(N)=O)C1. The first-order valence-corrected chi connectivity index (χ1v) is 5.47. The van der Waals surface area contributed by atoms with Crippen LogP contribution in [0.2, 0.25) is 0 Å². The highest BCUT2D eigenvalue weighted by Gasteiger charge is 2.32. The minimum Gasteiger partial charge on any atom is -0.351 e.